The third-order valence-corrected chi connectivity index (χ3v) is 1.85. The van der Waals surface area contributed by atoms with Crippen LogP contribution >= 0.6 is 11.6 Å². The van der Waals surface area contributed by atoms with E-state index in [1.54, 1.807) is 0 Å². The van der Waals surface area contributed by atoms with Crippen molar-refractivity contribution in [3.63, 3.8) is 0 Å². The Bertz CT molecular complexity index is 245. The monoisotopic (exact) mass is 194 g/mol. The molecular formula is C8H6ClF3. The Morgan fingerprint density at radius 1 is 1.08 bits per heavy atom. The third kappa shape index (κ3) is 2.14. The van der Waals surface area contributed by atoms with Crippen molar-refractivity contribution in [2.24, 2.45) is 0 Å². The lowest BCUT2D eigenvalue weighted by atomic mass is 10.1. The van der Waals surface area contributed by atoms with E-state index in [9.17, 15) is 13.2 Å². The van der Waals surface area contributed by atoms with Gasteiger partial charge < -0.3 is 0 Å². The van der Waals surface area contributed by atoms with Gasteiger partial charge in [-0.05, 0) is 17.7 Å². The zero-order valence-electron chi connectivity index (χ0n) is 5.98. The number of alkyl halides is 3. The van der Waals surface area contributed by atoms with Crippen molar-refractivity contribution < 1.29 is 13.2 Å². The van der Waals surface area contributed by atoms with Crippen LogP contribution < -0.4 is 0 Å². The summed E-state index contributed by atoms with van der Waals surface area (Å²) in [6.07, 6.45) is -2.63. The summed E-state index contributed by atoms with van der Waals surface area (Å²) < 4.78 is 36.3. The second-order valence-corrected chi connectivity index (χ2v) is 2.76. The Morgan fingerprint density at radius 2 is 1.58 bits per heavy atom. The van der Waals surface area contributed by atoms with Crippen LogP contribution in [0, 0.1) is 5.82 Å². The first-order chi connectivity index (χ1) is 5.61. The standard InChI is InChI=1S/C8H6ClF3/c9-7(8(11)12)5-1-3-6(10)4-2-5/h1-4,7-8H. The van der Waals surface area contributed by atoms with Crippen molar-refractivity contribution in [2.45, 2.75) is 11.8 Å². The highest BCUT2D eigenvalue weighted by Gasteiger charge is 2.18. The Labute approximate surface area is 73.0 Å². The van der Waals surface area contributed by atoms with Crippen LogP contribution in [0.1, 0.15) is 10.9 Å². The highest BCUT2D eigenvalue weighted by molar-refractivity contribution is 6.21. The Morgan fingerprint density at radius 3 is 2.00 bits per heavy atom. The summed E-state index contributed by atoms with van der Waals surface area (Å²) in [6, 6.07) is 4.71. The summed E-state index contributed by atoms with van der Waals surface area (Å²) in [4.78, 5) is 0. The zero-order valence-corrected chi connectivity index (χ0v) is 6.73. The molecule has 1 rings (SSSR count). The van der Waals surface area contributed by atoms with Crippen LogP contribution in [0.2, 0.25) is 0 Å². The van der Waals surface area contributed by atoms with Crippen molar-refractivity contribution in [1.82, 2.24) is 0 Å². The van der Waals surface area contributed by atoms with E-state index >= 15 is 0 Å². The van der Waals surface area contributed by atoms with Gasteiger partial charge in [0.1, 0.15) is 11.2 Å². The summed E-state index contributed by atoms with van der Waals surface area (Å²) in [5.74, 6) is -0.461. The Kier molecular flexibility index (Phi) is 2.98. The molecule has 1 aromatic carbocycles. The Balaban J connectivity index is 2.82. The highest BCUT2D eigenvalue weighted by Crippen LogP contribution is 2.27. The fraction of sp³-hybridized carbons (Fsp3) is 0.250. The van der Waals surface area contributed by atoms with E-state index in [1.165, 1.54) is 12.1 Å². The normalized spacial score (nSPS) is 13.4. The van der Waals surface area contributed by atoms with Gasteiger partial charge in [0.05, 0.1) is 0 Å². The Hall–Kier alpha value is -0.700. The van der Waals surface area contributed by atoms with Crippen molar-refractivity contribution in [1.29, 1.82) is 0 Å². The van der Waals surface area contributed by atoms with E-state index in [0.29, 0.717) is 0 Å². The molecule has 1 unspecified atom stereocenters. The predicted molar refractivity (Wildman–Crippen MR) is 41.0 cm³/mol. The number of rotatable bonds is 2. The van der Waals surface area contributed by atoms with Crippen molar-refractivity contribution in [2.75, 3.05) is 0 Å². The van der Waals surface area contributed by atoms with Gasteiger partial charge in [-0.2, -0.15) is 0 Å². The summed E-state index contributed by atoms with van der Waals surface area (Å²) in [5.41, 5.74) is 0.230. The van der Waals surface area contributed by atoms with Crippen molar-refractivity contribution in [3.8, 4) is 0 Å². The van der Waals surface area contributed by atoms with Crippen LogP contribution in [0.4, 0.5) is 13.2 Å². The van der Waals surface area contributed by atoms with Gasteiger partial charge in [-0.1, -0.05) is 12.1 Å². The molecule has 0 bridgehead atoms. The first kappa shape index (κ1) is 9.39. The van der Waals surface area contributed by atoms with Crippen molar-refractivity contribution >= 4 is 11.6 Å². The number of benzene rings is 1. The molecule has 0 fully saturated rings. The molecule has 66 valence electrons. The van der Waals surface area contributed by atoms with Gasteiger partial charge in [-0.3, -0.25) is 0 Å². The van der Waals surface area contributed by atoms with Crippen LogP contribution in [-0.4, -0.2) is 6.43 Å². The minimum absolute atomic E-state index is 0.230. The molecule has 0 saturated carbocycles. The van der Waals surface area contributed by atoms with Gasteiger partial charge in [-0.15, -0.1) is 11.6 Å². The molecule has 0 heterocycles. The first-order valence-electron chi connectivity index (χ1n) is 3.29. The maximum atomic E-state index is 12.3. The maximum absolute atomic E-state index is 12.3. The van der Waals surface area contributed by atoms with Gasteiger partial charge in [0.15, 0.2) is 0 Å². The van der Waals surface area contributed by atoms with E-state index < -0.39 is 17.6 Å². The van der Waals surface area contributed by atoms with Gasteiger partial charge in [0.2, 0.25) is 0 Å². The quantitative estimate of drug-likeness (QED) is 0.634. The molecule has 1 atom stereocenters. The smallest absolute Gasteiger partial charge is 0.208 e. The molecule has 1 aromatic rings. The van der Waals surface area contributed by atoms with Crippen molar-refractivity contribution in [3.05, 3.63) is 35.6 Å². The minimum atomic E-state index is -2.63. The molecule has 0 N–H and O–H groups in total. The van der Waals surface area contributed by atoms with Crippen LogP contribution in [0.3, 0.4) is 0 Å². The fourth-order valence-corrected chi connectivity index (χ4v) is 0.938. The predicted octanol–water partition coefficient (Wildman–Crippen LogP) is 3.37. The van der Waals surface area contributed by atoms with Crippen LogP contribution in [0.25, 0.3) is 0 Å². The second-order valence-electron chi connectivity index (χ2n) is 2.29. The fourth-order valence-electron chi connectivity index (χ4n) is 0.792. The number of halogens is 4. The zero-order chi connectivity index (χ0) is 9.14. The summed E-state index contributed by atoms with van der Waals surface area (Å²) >= 11 is 5.32. The lowest BCUT2D eigenvalue weighted by Crippen LogP contribution is -2.01. The molecule has 0 saturated heterocycles. The maximum Gasteiger partial charge on any atom is 0.258 e. The SMILES string of the molecule is Fc1ccc(C(Cl)C(F)F)cc1. The van der Waals surface area contributed by atoms with E-state index in [-0.39, 0.29) is 5.56 Å². The minimum Gasteiger partial charge on any atom is -0.208 e. The van der Waals surface area contributed by atoms with E-state index in [2.05, 4.69) is 0 Å². The van der Waals surface area contributed by atoms with Gasteiger partial charge in [0.25, 0.3) is 6.43 Å². The van der Waals surface area contributed by atoms with E-state index in [1.807, 2.05) is 0 Å². The van der Waals surface area contributed by atoms with Crippen LogP contribution in [0.5, 0.6) is 0 Å². The summed E-state index contributed by atoms with van der Waals surface area (Å²) in [7, 11) is 0. The topological polar surface area (TPSA) is 0 Å². The van der Waals surface area contributed by atoms with Gasteiger partial charge >= 0.3 is 0 Å². The average molecular weight is 195 g/mol. The molecule has 12 heavy (non-hydrogen) atoms. The average Bonchev–Trinajstić information content (AvgIpc) is 2.04. The van der Waals surface area contributed by atoms with E-state index in [4.69, 9.17) is 11.6 Å². The number of hydrogen-bond donors (Lipinski definition) is 0. The molecule has 0 radical (unpaired) electrons. The van der Waals surface area contributed by atoms with Crippen LogP contribution in [0.15, 0.2) is 24.3 Å². The summed E-state index contributed by atoms with van der Waals surface area (Å²) in [5, 5.41) is -1.36. The van der Waals surface area contributed by atoms with Crippen LogP contribution in [-0.2, 0) is 0 Å². The molecule has 0 nitrogen and oxygen atoms in total. The lowest BCUT2D eigenvalue weighted by molar-refractivity contribution is 0.143. The molecule has 0 aliphatic rings. The molecule has 0 spiro atoms. The second kappa shape index (κ2) is 3.81. The largest absolute Gasteiger partial charge is 0.258 e. The summed E-state index contributed by atoms with van der Waals surface area (Å²) in [6.45, 7) is 0. The van der Waals surface area contributed by atoms with Gasteiger partial charge in [0, 0.05) is 0 Å². The lowest BCUT2D eigenvalue weighted by Gasteiger charge is -2.07. The third-order valence-electron chi connectivity index (χ3n) is 1.41. The molecular weight excluding hydrogens is 189 g/mol. The van der Waals surface area contributed by atoms with Gasteiger partial charge in [-0.25, -0.2) is 13.2 Å². The highest BCUT2D eigenvalue weighted by atomic mass is 35.5. The first-order valence-corrected chi connectivity index (χ1v) is 3.72. The molecule has 0 amide bonds. The number of hydrogen-bond acceptors (Lipinski definition) is 0. The molecule has 4 heteroatoms. The molecule has 0 aromatic heterocycles. The molecule has 0 aliphatic carbocycles. The van der Waals surface area contributed by atoms with E-state index in [0.717, 1.165) is 12.1 Å². The molecule has 0 aliphatic heterocycles.